The molecule has 0 radical (unpaired) electrons. The lowest BCUT2D eigenvalue weighted by molar-refractivity contribution is 0.325. The van der Waals surface area contributed by atoms with Crippen LogP contribution in [0.5, 0.6) is 17.2 Å². The Bertz CT molecular complexity index is 1110. The number of methoxy groups -OCH3 is 3. The van der Waals surface area contributed by atoms with Crippen LogP contribution in [0.1, 0.15) is 24.7 Å². The molecule has 1 saturated carbocycles. The van der Waals surface area contributed by atoms with Crippen molar-refractivity contribution < 1.29 is 27.0 Å². The molecule has 4 rings (SSSR count). The summed E-state index contributed by atoms with van der Waals surface area (Å²) in [7, 11) is 0.555. The van der Waals surface area contributed by atoms with E-state index in [0.29, 0.717) is 39.8 Å². The highest BCUT2D eigenvalue weighted by Crippen LogP contribution is 2.42. The Morgan fingerprint density at radius 2 is 1.76 bits per heavy atom. The number of sulfonamides is 1. The van der Waals surface area contributed by atoms with Crippen LogP contribution in [-0.2, 0) is 10.0 Å². The Balaban J connectivity index is 1.60. The second kappa shape index (κ2) is 7.56. The van der Waals surface area contributed by atoms with E-state index in [1.54, 1.807) is 6.07 Å². The number of rotatable bonds is 8. The fourth-order valence-electron chi connectivity index (χ4n) is 2.75. The van der Waals surface area contributed by atoms with Gasteiger partial charge in [-0.2, -0.15) is 0 Å². The van der Waals surface area contributed by atoms with Gasteiger partial charge in [0.1, 0.15) is 4.21 Å². The van der Waals surface area contributed by atoms with Crippen LogP contribution in [0.25, 0.3) is 10.8 Å². The molecule has 29 heavy (non-hydrogen) atoms. The first-order chi connectivity index (χ1) is 13.9. The van der Waals surface area contributed by atoms with Crippen LogP contribution < -0.4 is 18.9 Å². The third kappa shape index (κ3) is 3.87. The fraction of sp³-hybridized carbons (Fsp3) is 0.333. The smallest absolute Gasteiger partial charge is 0.271 e. The van der Waals surface area contributed by atoms with E-state index in [4.69, 9.17) is 18.6 Å². The van der Waals surface area contributed by atoms with Crippen LogP contribution in [0, 0.1) is 0 Å². The van der Waals surface area contributed by atoms with Crippen molar-refractivity contribution in [1.29, 1.82) is 0 Å². The quantitative estimate of drug-likeness (QED) is 0.570. The van der Waals surface area contributed by atoms with Gasteiger partial charge in [0.15, 0.2) is 11.5 Å². The number of nitrogens with zero attached hydrogens (tertiary/aromatic N) is 2. The first-order valence-electron chi connectivity index (χ1n) is 8.71. The number of thiophene rings is 1. The van der Waals surface area contributed by atoms with E-state index < -0.39 is 10.0 Å². The standard InChI is InChI=1S/C18H19N3O6S2/c1-24-12-8-11(9-13(25-2)16(12)26-3)21-29(22,23)15-7-6-14(28-15)18-20-19-17(27-18)10-4-5-10/h6-10,21H,4-5H2,1-3H3. The number of ether oxygens (including phenoxy) is 3. The van der Waals surface area contributed by atoms with Gasteiger partial charge in [0.2, 0.25) is 11.6 Å². The van der Waals surface area contributed by atoms with Gasteiger partial charge in [0.05, 0.1) is 31.9 Å². The molecule has 0 saturated heterocycles. The van der Waals surface area contributed by atoms with Gasteiger partial charge in [-0.05, 0) is 25.0 Å². The molecule has 1 aliphatic carbocycles. The molecule has 154 valence electrons. The molecule has 2 aromatic heterocycles. The highest BCUT2D eigenvalue weighted by atomic mass is 32.2. The van der Waals surface area contributed by atoms with Crippen molar-refractivity contribution in [1.82, 2.24) is 10.2 Å². The summed E-state index contributed by atoms with van der Waals surface area (Å²) >= 11 is 1.05. The van der Waals surface area contributed by atoms with Gasteiger partial charge in [0, 0.05) is 18.1 Å². The van der Waals surface area contributed by atoms with Gasteiger partial charge in [-0.25, -0.2) is 8.42 Å². The van der Waals surface area contributed by atoms with E-state index in [0.717, 1.165) is 24.2 Å². The van der Waals surface area contributed by atoms with E-state index in [9.17, 15) is 8.42 Å². The summed E-state index contributed by atoms with van der Waals surface area (Å²) in [6.45, 7) is 0. The highest BCUT2D eigenvalue weighted by Gasteiger charge is 2.30. The lowest BCUT2D eigenvalue weighted by atomic mass is 10.2. The van der Waals surface area contributed by atoms with Crippen molar-refractivity contribution >= 4 is 27.0 Å². The van der Waals surface area contributed by atoms with Gasteiger partial charge in [-0.15, -0.1) is 21.5 Å². The van der Waals surface area contributed by atoms with Crippen molar-refractivity contribution in [2.24, 2.45) is 0 Å². The normalized spacial score (nSPS) is 13.9. The number of benzene rings is 1. The molecule has 1 fully saturated rings. The van der Waals surface area contributed by atoms with Crippen LogP contribution >= 0.6 is 11.3 Å². The minimum absolute atomic E-state index is 0.118. The molecule has 0 amide bonds. The molecule has 0 spiro atoms. The summed E-state index contributed by atoms with van der Waals surface area (Å²) in [6, 6.07) is 6.20. The van der Waals surface area contributed by atoms with E-state index >= 15 is 0 Å². The molecule has 2 heterocycles. The molecule has 9 nitrogen and oxygen atoms in total. The molecular weight excluding hydrogens is 418 g/mol. The van der Waals surface area contributed by atoms with Crippen molar-refractivity contribution in [2.45, 2.75) is 23.0 Å². The van der Waals surface area contributed by atoms with E-state index in [1.165, 1.54) is 39.5 Å². The van der Waals surface area contributed by atoms with Crippen LogP contribution in [0.3, 0.4) is 0 Å². The van der Waals surface area contributed by atoms with Crippen LogP contribution in [0.4, 0.5) is 5.69 Å². The second-order valence-corrected chi connectivity index (χ2v) is 9.35. The van der Waals surface area contributed by atoms with Gasteiger partial charge < -0.3 is 18.6 Å². The molecule has 11 heteroatoms. The lowest BCUT2D eigenvalue weighted by Crippen LogP contribution is -2.11. The topological polar surface area (TPSA) is 113 Å². The van der Waals surface area contributed by atoms with Crippen LogP contribution in [0.15, 0.2) is 32.9 Å². The zero-order valence-electron chi connectivity index (χ0n) is 16.0. The molecule has 0 bridgehead atoms. The summed E-state index contributed by atoms with van der Waals surface area (Å²) in [5.74, 6) is 2.32. The number of anilines is 1. The summed E-state index contributed by atoms with van der Waals surface area (Å²) in [6.07, 6.45) is 2.09. The maximum Gasteiger partial charge on any atom is 0.271 e. The molecule has 0 aliphatic heterocycles. The van der Waals surface area contributed by atoms with Gasteiger partial charge >= 0.3 is 0 Å². The minimum Gasteiger partial charge on any atom is -0.493 e. The Kier molecular flexibility index (Phi) is 5.09. The molecule has 1 aliphatic rings. The van der Waals surface area contributed by atoms with Gasteiger partial charge in [-0.1, -0.05) is 0 Å². The average Bonchev–Trinajstić information content (AvgIpc) is 3.22. The molecule has 0 unspecified atom stereocenters. The zero-order chi connectivity index (χ0) is 20.6. The summed E-state index contributed by atoms with van der Waals surface area (Å²) in [5.41, 5.74) is 0.281. The highest BCUT2D eigenvalue weighted by molar-refractivity contribution is 7.94. The van der Waals surface area contributed by atoms with E-state index in [2.05, 4.69) is 14.9 Å². The Morgan fingerprint density at radius 1 is 1.07 bits per heavy atom. The van der Waals surface area contributed by atoms with E-state index in [1.807, 2.05) is 0 Å². The largest absolute Gasteiger partial charge is 0.493 e. The van der Waals surface area contributed by atoms with Crippen LogP contribution in [0.2, 0.25) is 0 Å². The third-order valence-electron chi connectivity index (χ3n) is 4.34. The Morgan fingerprint density at radius 3 is 2.34 bits per heavy atom. The predicted octanol–water partition coefficient (Wildman–Crippen LogP) is 3.50. The maximum atomic E-state index is 12.8. The van der Waals surface area contributed by atoms with Crippen molar-refractivity contribution in [3.05, 3.63) is 30.2 Å². The zero-order valence-corrected chi connectivity index (χ0v) is 17.6. The molecule has 1 N–H and O–H groups in total. The molecule has 1 aromatic carbocycles. The third-order valence-corrected chi connectivity index (χ3v) is 7.29. The number of aromatic nitrogens is 2. The number of nitrogens with one attached hydrogen (secondary N) is 1. The summed E-state index contributed by atoms with van der Waals surface area (Å²) in [4.78, 5) is 0.592. The Labute approximate surface area is 171 Å². The van der Waals surface area contributed by atoms with Crippen molar-refractivity contribution in [3.8, 4) is 28.0 Å². The van der Waals surface area contributed by atoms with Gasteiger partial charge in [-0.3, -0.25) is 4.72 Å². The van der Waals surface area contributed by atoms with Crippen LogP contribution in [-0.4, -0.2) is 39.9 Å². The Hall–Kier alpha value is -2.79. The predicted molar refractivity (Wildman–Crippen MR) is 106 cm³/mol. The fourth-order valence-corrected chi connectivity index (χ4v) is 5.02. The molecule has 0 atom stereocenters. The van der Waals surface area contributed by atoms with Gasteiger partial charge in [0.25, 0.3) is 15.9 Å². The molecule has 3 aromatic rings. The average molecular weight is 437 g/mol. The first-order valence-corrected chi connectivity index (χ1v) is 11.0. The van der Waals surface area contributed by atoms with E-state index in [-0.39, 0.29) is 9.90 Å². The summed E-state index contributed by atoms with van der Waals surface area (Å²) in [5, 5.41) is 8.06. The monoisotopic (exact) mass is 437 g/mol. The first kappa shape index (κ1) is 19.5. The summed E-state index contributed by atoms with van der Waals surface area (Å²) < 4.78 is 49.8. The van der Waals surface area contributed by atoms with Crippen molar-refractivity contribution in [3.63, 3.8) is 0 Å². The number of hydrogen-bond donors (Lipinski definition) is 1. The maximum absolute atomic E-state index is 12.8. The number of hydrogen-bond acceptors (Lipinski definition) is 9. The lowest BCUT2D eigenvalue weighted by Gasteiger charge is -2.14. The molecular formula is C18H19N3O6S2. The second-order valence-electron chi connectivity index (χ2n) is 6.36. The minimum atomic E-state index is -3.84. The SMILES string of the molecule is COc1cc(NS(=O)(=O)c2ccc(-c3nnc(C4CC4)o3)s2)cc(OC)c1OC. The van der Waals surface area contributed by atoms with Crippen molar-refractivity contribution in [2.75, 3.05) is 26.1 Å².